The lowest BCUT2D eigenvalue weighted by atomic mass is 9.97. The van der Waals surface area contributed by atoms with E-state index in [0.29, 0.717) is 19.1 Å². The molecule has 1 aromatic rings. The lowest BCUT2D eigenvalue weighted by molar-refractivity contribution is -0.137. The molecule has 1 rings (SSSR count). The van der Waals surface area contributed by atoms with Crippen molar-refractivity contribution < 1.29 is 22.7 Å². The Labute approximate surface area is 117 Å². The third kappa shape index (κ3) is 5.38. The average Bonchev–Trinajstić information content (AvgIpc) is 2.37. The van der Waals surface area contributed by atoms with E-state index >= 15 is 0 Å². The first kappa shape index (κ1) is 16.8. The van der Waals surface area contributed by atoms with E-state index in [9.17, 15) is 13.2 Å². The van der Waals surface area contributed by atoms with Crippen molar-refractivity contribution in [2.75, 3.05) is 20.3 Å². The first-order valence-corrected chi connectivity index (χ1v) is 6.40. The summed E-state index contributed by atoms with van der Waals surface area (Å²) in [5.74, 6) is 0.691. The topological polar surface area (TPSA) is 30.5 Å². The van der Waals surface area contributed by atoms with Crippen molar-refractivity contribution in [1.29, 1.82) is 0 Å². The second-order valence-corrected chi connectivity index (χ2v) is 4.89. The summed E-state index contributed by atoms with van der Waals surface area (Å²) >= 11 is 0. The van der Waals surface area contributed by atoms with Gasteiger partial charge in [0, 0.05) is 12.5 Å². The van der Waals surface area contributed by atoms with Crippen molar-refractivity contribution in [2.45, 2.75) is 20.0 Å². The minimum atomic E-state index is -4.35. The molecule has 3 nitrogen and oxygen atoms in total. The Morgan fingerprint density at radius 2 is 1.95 bits per heavy atom. The molecule has 0 saturated carbocycles. The van der Waals surface area contributed by atoms with Gasteiger partial charge in [-0.25, -0.2) is 5.48 Å². The van der Waals surface area contributed by atoms with E-state index in [-0.39, 0.29) is 11.7 Å². The van der Waals surface area contributed by atoms with Crippen LogP contribution in [0, 0.1) is 11.8 Å². The maximum absolute atomic E-state index is 12.6. The molecule has 0 aliphatic carbocycles. The third-order valence-corrected chi connectivity index (χ3v) is 3.06. The van der Waals surface area contributed by atoms with Gasteiger partial charge in [-0.2, -0.15) is 13.2 Å². The van der Waals surface area contributed by atoms with Gasteiger partial charge in [-0.15, -0.1) is 0 Å². The molecule has 0 aliphatic rings. The summed E-state index contributed by atoms with van der Waals surface area (Å²) in [5.41, 5.74) is 2.04. The molecule has 1 atom stereocenters. The standard InChI is InChI=1S/C14H20F3NO2/c1-10(2)11(8-18-19-3)9-20-13-6-4-5-12(7-13)14(15,16)17/h4-7,10-11,18H,8-9H2,1-3H3. The lowest BCUT2D eigenvalue weighted by Gasteiger charge is -2.21. The molecule has 1 aromatic carbocycles. The molecule has 0 bridgehead atoms. The number of ether oxygens (including phenoxy) is 1. The van der Waals surface area contributed by atoms with Crippen molar-refractivity contribution in [3.63, 3.8) is 0 Å². The van der Waals surface area contributed by atoms with Crippen LogP contribution in [-0.4, -0.2) is 20.3 Å². The highest BCUT2D eigenvalue weighted by atomic mass is 19.4. The van der Waals surface area contributed by atoms with Crippen LogP contribution in [0.2, 0.25) is 0 Å². The van der Waals surface area contributed by atoms with Gasteiger partial charge in [0.15, 0.2) is 0 Å². The number of rotatable bonds is 7. The van der Waals surface area contributed by atoms with E-state index < -0.39 is 11.7 Å². The van der Waals surface area contributed by atoms with Crippen LogP contribution < -0.4 is 10.2 Å². The van der Waals surface area contributed by atoms with Crippen LogP contribution in [0.25, 0.3) is 0 Å². The van der Waals surface area contributed by atoms with Gasteiger partial charge in [-0.1, -0.05) is 19.9 Å². The van der Waals surface area contributed by atoms with Crippen LogP contribution in [0.15, 0.2) is 24.3 Å². The molecule has 0 saturated heterocycles. The Bertz CT molecular complexity index is 408. The van der Waals surface area contributed by atoms with Crippen LogP contribution in [0.5, 0.6) is 5.75 Å². The molecule has 0 heterocycles. The number of nitrogens with one attached hydrogen (secondary N) is 1. The van der Waals surface area contributed by atoms with Gasteiger partial charge in [0.2, 0.25) is 0 Å². The van der Waals surface area contributed by atoms with E-state index in [1.54, 1.807) is 0 Å². The monoisotopic (exact) mass is 291 g/mol. The first-order chi connectivity index (χ1) is 9.34. The SMILES string of the molecule is CONCC(COc1cccc(C(F)(F)F)c1)C(C)C. The van der Waals surface area contributed by atoms with Crippen LogP contribution in [-0.2, 0) is 11.0 Å². The fourth-order valence-electron chi connectivity index (χ4n) is 1.64. The predicted molar refractivity (Wildman–Crippen MR) is 70.3 cm³/mol. The highest BCUT2D eigenvalue weighted by Crippen LogP contribution is 2.31. The quantitative estimate of drug-likeness (QED) is 0.780. The highest BCUT2D eigenvalue weighted by molar-refractivity contribution is 5.30. The molecular formula is C14H20F3NO2. The lowest BCUT2D eigenvalue weighted by Crippen LogP contribution is -2.30. The highest BCUT2D eigenvalue weighted by Gasteiger charge is 2.30. The fourth-order valence-corrected chi connectivity index (χ4v) is 1.64. The number of hydrogen-bond acceptors (Lipinski definition) is 3. The minimum Gasteiger partial charge on any atom is -0.493 e. The zero-order chi connectivity index (χ0) is 15.2. The first-order valence-electron chi connectivity index (χ1n) is 6.40. The van der Waals surface area contributed by atoms with Gasteiger partial charge in [-0.3, -0.25) is 0 Å². The Hall–Kier alpha value is -1.27. The van der Waals surface area contributed by atoms with E-state index in [2.05, 4.69) is 5.48 Å². The van der Waals surface area contributed by atoms with Crippen molar-refractivity contribution in [3.8, 4) is 5.75 Å². The molecular weight excluding hydrogens is 271 g/mol. The predicted octanol–water partition coefficient (Wildman–Crippen LogP) is 3.51. The average molecular weight is 291 g/mol. The van der Waals surface area contributed by atoms with Gasteiger partial charge in [0.05, 0.1) is 19.3 Å². The van der Waals surface area contributed by atoms with Gasteiger partial charge >= 0.3 is 6.18 Å². The summed E-state index contributed by atoms with van der Waals surface area (Å²) in [7, 11) is 1.52. The van der Waals surface area contributed by atoms with Crippen LogP contribution >= 0.6 is 0 Å². The Morgan fingerprint density at radius 3 is 2.50 bits per heavy atom. The van der Waals surface area contributed by atoms with Crippen molar-refractivity contribution in [3.05, 3.63) is 29.8 Å². The number of alkyl halides is 3. The number of hydroxylamine groups is 1. The maximum Gasteiger partial charge on any atom is 0.416 e. The molecule has 0 spiro atoms. The summed E-state index contributed by atoms with van der Waals surface area (Å²) in [6, 6.07) is 4.91. The van der Waals surface area contributed by atoms with Crippen LogP contribution in [0.3, 0.4) is 0 Å². The largest absolute Gasteiger partial charge is 0.493 e. The molecule has 0 aliphatic heterocycles. The Morgan fingerprint density at radius 1 is 1.25 bits per heavy atom. The second-order valence-electron chi connectivity index (χ2n) is 4.89. The number of benzene rings is 1. The summed E-state index contributed by atoms with van der Waals surface area (Å²) in [6.45, 7) is 4.96. The zero-order valence-electron chi connectivity index (χ0n) is 11.8. The fraction of sp³-hybridized carbons (Fsp3) is 0.571. The third-order valence-electron chi connectivity index (χ3n) is 3.06. The van der Waals surface area contributed by atoms with Crippen molar-refractivity contribution in [2.24, 2.45) is 11.8 Å². The smallest absolute Gasteiger partial charge is 0.416 e. The van der Waals surface area contributed by atoms with Gasteiger partial charge in [0.1, 0.15) is 5.75 Å². The van der Waals surface area contributed by atoms with Crippen molar-refractivity contribution in [1.82, 2.24) is 5.48 Å². The van der Waals surface area contributed by atoms with E-state index in [0.717, 1.165) is 12.1 Å². The normalized spacial score (nSPS) is 13.6. The molecule has 6 heteroatoms. The van der Waals surface area contributed by atoms with E-state index in [4.69, 9.17) is 9.57 Å². The summed E-state index contributed by atoms with van der Waals surface area (Å²) < 4.78 is 43.2. The van der Waals surface area contributed by atoms with E-state index in [1.165, 1.54) is 19.2 Å². The van der Waals surface area contributed by atoms with Crippen molar-refractivity contribution >= 4 is 0 Å². The molecule has 0 amide bonds. The molecule has 0 fully saturated rings. The second kappa shape index (κ2) is 7.50. The van der Waals surface area contributed by atoms with Crippen LogP contribution in [0.4, 0.5) is 13.2 Å². The molecule has 0 aromatic heterocycles. The van der Waals surface area contributed by atoms with Gasteiger partial charge in [-0.05, 0) is 24.1 Å². The summed E-state index contributed by atoms with van der Waals surface area (Å²) in [5, 5.41) is 0. The maximum atomic E-state index is 12.6. The molecule has 0 radical (unpaired) electrons. The van der Waals surface area contributed by atoms with Gasteiger partial charge in [0.25, 0.3) is 0 Å². The molecule has 20 heavy (non-hydrogen) atoms. The molecule has 114 valence electrons. The van der Waals surface area contributed by atoms with E-state index in [1.807, 2.05) is 13.8 Å². The summed E-state index contributed by atoms with van der Waals surface area (Å²) in [4.78, 5) is 4.78. The molecule has 1 unspecified atom stereocenters. The zero-order valence-corrected chi connectivity index (χ0v) is 11.8. The number of halogens is 3. The van der Waals surface area contributed by atoms with Crippen LogP contribution in [0.1, 0.15) is 19.4 Å². The Balaban J connectivity index is 2.64. The summed E-state index contributed by atoms with van der Waals surface area (Å²) in [6.07, 6.45) is -4.35. The minimum absolute atomic E-state index is 0.143. The Kier molecular flexibility index (Phi) is 6.29. The number of hydrogen-bond donors (Lipinski definition) is 1. The van der Waals surface area contributed by atoms with Gasteiger partial charge < -0.3 is 9.57 Å². The molecule has 1 N–H and O–H groups in total.